The first-order chi connectivity index (χ1) is 7.86. The van der Waals surface area contributed by atoms with Crippen molar-refractivity contribution in [1.29, 1.82) is 0 Å². The quantitative estimate of drug-likeness (QED) is 0.630. The van der Waals surface area contributed by atoms with Gasteiger partial charge in [-0.15, -0.1) is 0 Å². The van der Waals surface area contributed by atoms with E-state index in [2.05, 4.69) is 39.4 Å². The summed E-state index contributed by atoms with van der Waals surface area (Å²) in [6.45, 7) is 13.7. The van der Waals surface area contributed by atoms with Crippen molar-refractivity contribution in [2.45, 2.75) is 65.3 Å². The lowest BCUT2D eigenvalue weighted by molar-refractivity contribution is -0.0954. The number of fused-ring (bicyclic) bond motifs is 1. The second-order valence-corrected chi connectivity index (χ2v) is 7.97. The molecule has 3 unspecified atom stereocenters. The SMILES string of the molecule is C=NC1(C(C)C)CC2C3(C)CCC2(C)CC1C3. The first-order valence-electron chi connectivity index (χ1n) is 7.34. The minimum atomic E-state index is 0.202. The molecule has 0 amide bonds. The fourth-order valence-corrected chi connectivity index (χ4v) is 5.87. The van der Waals surface area contributed by atoms with Crippen LogP contribution in [-0.4, -0.2) is 12.3 Å². The maximum absolute atomic E-state index is 4.67. The monoisotopic (exact) mass is 233 g/mol. The zero-order valence-electron chi connectivity index (χ0n) is 11.9. The molecule has 0 saturated heterocycles. The molecule has 96 valence electrons. The van der Waals surface area contributed by atoms with Crippen LogP contribution in [0.2, 0.25) is 0 Å². The van der Waals surface area contributed by atoms with Crippen molar-refractivity contribution in [2.24, 2.45) is 33.6 Å². The Hall–Kier alpha value is -0.330. The fraction of sp³-hybridized carbons (Fsp3) is 0.938. The molecule has 4 bridgehead atoms. The van der Waals surface area contributed by atoms with Gasteiger partial charge in [-0.25, -0.2) is 0 Å². The summed E-state index contributed by atoms with van der Waals surface area (Å²) >= 11 is 0. The van der Waals surface area contributed by atoms with Gasteiger partial charge in [-0.2, -0.15) is 0 Å². The third-order valence-electron chi connectivity index (χ3n) is 6.91. The molecule has 4 aliphatic carbocycles. The Morgan fingerprint density at radius 1 is 1.06 bits per heavy atom. The van der Waals surface area contributed by atoms with Gasteiger partial charge >= 0.3 is 0 Å². The molecular weight excluding hydrogens is 206 g/mol. The summed E-state index contributed by atoms with van der Waals surface area (Å²) in [5, 5.41) is 0. The van der Waals surface area contributed by atoms with E-state index in [4.69, 9.17) is 0 Å². The maximum Gasteiger partial charge on any atom is 0.0655 e. The first-order valence-corrected chi connectivity index (χ1v) is 7.34. The van der Waals surface area contributed by atoms with Crippen molar-refractivity contribution in [3.8, 4) is 0 Å². The molecule has 4 rings (SSSR count). The van der Waals surface area contributed by atoms with Crippen LogP contribution < -0.4 is 0 Å². The van der Waals surface area contributed by atoms with Gasteiger partial charge in [0.1, 0.15) is 0 Å². The highest BCUT2D eigenvalue weighted by molar-refractivity contribution is 5.30. The normalized spacial score (nSPS) is 56.5. The van der Waals surface area contributed by atoms with Crippen molar-refractivity contribution in [3.05, 3.63) is 0 Å². The highest BCUT2D eigenvalue weighted by Gasteiger charge is 2.66. The molecule has 0 heterocycles. The molecule has 0 N–H and O–H groups in total. The third kappa shape index (κ3) is 1.24. The Kier molecular flexibility index (Phi) is 2.18. The minimum Gasteiger partial charge on any atom is -0.294 e. The summed E-state index contributed by atoms with van der Waals surface area (Å²) in [6.07, 6.45) is 7.03. The van der Waals surface area contributed by atoms with E-state index in [-0.39, 0.29) is 5.54 Å². The van der Waals surface area contributed by atoms with Crippen LogP contribution in [-0.2, 0) is 0 Å². The first kappa shape index (κ1) is 11.7. The molecule has 0 aromatic carbocycles. The van der Waals surface area contributed by atoms with Crippen molar-refractivity contribution >= 4 is 6.72 Å². The Bertz CT molecular complexity index is 341. The molecule has 4 saturated carbocycles. The summed E-state index contributed by atoms with van der Waals surface area (Å²) in [5.41, 5.74) is 1.45. The predicted octanol–water partition coefficient (Wildman–Crippen LogP) is 4.32. The number of aliphatic imine (C=N–C) groups is 1. The highest BCUT2D eigenvalue weighted by atomic mass is 14.9. The van der Waals surface area contributed by atoms with E-state index in [1.165, 1.54) is 32.1 Å². The van der Waals surface area contributed by atoms with E-state index < -0.39 is 0 Å². The van der Waals surface area contributed by atoms with Crippen molar-refractivity contribution in [1.82, 2.24) is 0 Å². The molecule has 3 atom stereocenters. The highest BCUT2D eigenvalue weighted by Crippen LogP contribution is 2.72. The lowest BCUT2D eigenvalue weighted by atomic mass is 9.45. The Labute approximate surface area is 106 Å². The topological polar surface area (TPSA) is 12.4 Å². The van der Waals surface area contributed by atoms with E-state index in [0.29, 0.717) is 16.7 Å². The van der Waals surface area contributed by atoms with E-state index in [9.17, 15) is 0 Å². The van der Waals surface area contributed by atoms with Crippen LogP contribution in [0, 0.1) is 28.6 Å². The predicted molar refractivity (Wildman–Crippen MR) is 73.4 cm³/mol. The van der Waals surface area contributed by atoms with Crippen LogP contribution in [0.15, 0.2) is 4.99 Å². The van der Waals surface area contributed by atoms with Gasteiger partial charge in [-0.05, 0) is 67.4 Å². The second kappa shape index (κ2) is 3.16. The van der Waals surface area contributed by atoms with Gasteiger partial charge in [0, 0.05) is 0 Å². The van der Waals surface area contributed by atoms with Crippen molar-refractivity contribution in [2.75, 3.05) is 0 Å². The molecule has 1 heteroatoms. The molecular formula is C16H27N. The van der Waals surface area contributed by atoms with Gasteiger partial charge < -0.3 is 0 Å². The minimum absolute atomic E-state index is 0.202. The number of rotatable bonds is 2. The summed E-state index contributed by atoms with van der Waals surface area (Å²) in [7, 11) is 0. The summed E-state index contributed by atoms with van der Waals surface area (Å²) in [5.74, 6) is 2.34. The van der Waals surface area contributed by atoms with Crippen LogP contribution in [0.25, 0.3) is 0 Å². The van der Waals surface area contributed by atoms with E-state index in [1.807, 2.05) is 0 Å². The third-order valence-corrected chi connectivity index (χ3v) is 6.91. The zero-order chi connectivity index (χ0) is 12.5. The standard InChI is InChI=1S/C16H27N/c1-11(2)16(17-5)10-13-14(3)6-7-15(13,4)9-12(16)8-14/h11-13H,5-10H2,1-4H3. The smallest absolute Gasteiger partial charge is 0.0655 e. The molecule has 4 aliphatic rings. The van der Waals surface area contributed by atoms with Crippen molar-refractivity contribution < 1.29 is 0 Å². The number of hydrogen-bond donors (Lipinski definition) is 0. The van der Waals surface area contributed by atoms with E-state index >= 15 is 0 Å². The molecule has 0 aromatic heterocycles. The molecule has 0 aliphatic heterocycles. The fourth-order valence-electron chi connectivity index (χ4n) is 5.87. The van der Waals surface area contributed by atoms with E-state index in [1.54, 1.807) is 0 Å². The maximum atomic E-state index is 4.67. The molecule has 0 radical (unpaired) electrons. The molecule has 17 heavy (non-hydrogen) atoms. The van der Waals surface area contributed by atoms with Gasteiger partial charge in [0.2, 0.25) is 0 Å². The number of hydrogen-bond acceptors (Lipinski definition) is 1. The van der Waals surface area contributed by atoms with Crippen LogP contribution in [0.4, 0.5) is 0 Å². The Morgan fingerprint density at radius 3 is 1.94 bits per heavy atom. The van der Waals surface area contributed by atoms with Gasteiger partial charge in [0.25, 0.3) is 0 Å². The average molecular weight is 233 g/mol. The van der Waals surface area contributed by atoms with Gasteiger partial charge in [0.05, 0.1) is 5.54 Å². The molecule has 0 spiro atoms. The van der Waals surface area contributed by atoms with Crippen LogP contribution in [0.5, 0.6) is 0 Å². The average Bonchev–Trinajstić information content (AvgIpc) is 2.42. The molecule has 0 aromatic rings. The lowest BCUT2D eigenvalue weighted by Crippen LogP contribution is -2.59. The van der Waals surface area contributed by atoms with Crippen LogP contribution >= 0.6 is 0 Å². The van der Waals surface area contributed by atoms with Crippen molar-refractivity contribution in [3.63, 3.8) is 0 Å². The number of nitrogens with zero attached hydrogens (tertiary/aromatic N) is 1. The zero-order valence-corrected chi connectivity index (χ0v) is 11.9. The largest absolute Gasteiger partial charge is 0.294 e. The molecule has 1 nitrogen and oxygen atoms in total. The van der Waals surface area contributed by atoms with Gasteiger partial charge in [-0.3, -0.25) is 4.99 Å². The second-order valence-electron chi connectivity index (χ2n) is 7.97. The van der Waals surface area contributed by atoms with Gasteiger partial charge in [0.15, 0.2) is 0 Å². The Morgan fingerprint density at radius 2 is 1.59 bits per heavy atom. The summed E-state index contributed by atoms with van der Waals surface area (Å²) < 4.78 is 0. The Balaban J connectivity index is 2.03. The summed E-state index contributed by atoms with van der Waals surface area (Å²) in [4.78, 5) is 4.67. The summed E-state index contributed by atoms with van der Waals surface area (Å²) in [6, 6.07) is 0. The van der Waals surface area contributed by atoms with Gasteiger partial charge in [-0.1, -0.05) is 27.7 Å². The van der Waals surface area contributed by atoms with Crippen LogP contribution in [0.1, 0.15) is 59.8 Å². The lowest BCUT2D eigenvalue weighted by Gasteiger charge is -2.62. The van der Waals surface area contributed by atoms with Crippen LogP contribution in [0.3, 0.4) is 0 Å². The molecule has 4 fully saturated rings. The van der Waals surface area contributed by atoms with E-state index in [0.717, 1.165) is 11.8 Å².